The van der Waals surface area contributed by atoms with Gasteiger partial charge in [-0.1, -0.05) is 0 Å². The Bertz CT molecular complexity index is 103. The van der Waals surface area contributed by atoms with Gasteiger partial charge in [-0.25, -0.2) is 8.78 Å². The van der Waals surface area contributed by atoms with Crippen LogP contribution in [0.4, 0.5) is 8.78 Å². The highest BCUT2D eigenvalue weighted by Crippen LogP contribution is 2.17. The lowest BCUT2D eigenvalue weighted by Crippen LogP contribution is -1.89. The lowest BCUT2D eigenvalue weighted by Gasteiger charge is -1.95. The van der Waals surface area contributed by atoms with Crippen molar-refractivity contribution in [2.24, 2.45) is 0 Å². The summed E-state index contributed by atoms with van der Waals surface area (Å²) in [6, 6.07) is 0. The Morgan fingerprint density at radius 1 is 1.50 bits per heavy atom. The van der Waals surface area contributed by atoms with E-state index in [2.05, 4.69) is 15.9 Å². The SMILES string of the molecule is CC(C)=C(F)C(F)Br. The van der Waals surface area contributed by atoms with Crippen LogP contribution in [0.2, 0.25) is 0 Å². The third-order valence-electron chi connectivity index (χ3n) is 0.669. The van der Waals surface area contributed by atoms with E-state index < -0.39 is 10.9 Å². The summed E-state index contributed by atoms with van der Waals surface area (Å²) in [6.45, 7) is 3.03. The van der Waals surface area contributed by atoms with Crippen LogP contribution in [-0.2, 0) is 0 Å². The van der Waals surface area contributed by atoms with Crippen LogP contribution in [0.5, 0.6) is 0 Å². The van der Waals surface area contributed by atoms with Gasteiger partial charge in [0, 0.05) is 0 Å². The molecule has 0 amide bonds. The van der Waals surface area contributed by atoms with Crippen molar-refractivity contribution in [3.63, 3.8) is 0 Å². The molecule has 8 heavy (non-hydrogen) atoms. The van der Waals surface area contributed by atoms with E-state index >= 15 is 0 Å². The van der Waals surface area contributed by atoms with Crippen LogP contribution in [0.25, 0.3) is 0 Å². The van der Waals surface area contributed by atoms with Crippen molar-refractivity contribution in [2.45, 2.75) is 18.9 Å². The molecule has 0 fully saturated rings. The van der Waals surface area contributed by atoms with Gasteiger partial charge >= 0.3 is 0 Å². The zero-order valence-electron chi connectivity index (χ0n) is 4.71. The molecule has 0 saturated heterocycles. The van der Waals surface area contributed by atoms with Crippen LogP contribution in [-0.4, -0.2) is 5.08 Å². The van der Waals surface area contributed by atoms with E-state index in [1.165, 1.54) is 13.8 Å². The van der Waals surface area contributed by atoms with Crippen LogP contribution in [0.1, 0.15) is 13.8 Å². The van der Waals surface area contributed by atoms with Crippen LogP contribution in [0.15, 0.2) is 11.4 Å². The first-order chi connectivity index (χ1) is 3.55. The normalized spacial score (nSPS) is 13.1. The van der Waals surface area contributed by atoms with Gasteiger partial charge in [0.05, 0.1) is 0 Å². The van der Waals surface area contributed by atoms with Gasteiger partial charge in [-0.05, 0) is 35.4 Å². The van der Waals surface area contributed by atoms with E-state index in [1.807, 2.05) is 0 Å². The molecule has 0 heterocycles. The summed E-state index contributed by atoms with van der Waals surface area (Å²) < 4.78 is 23.9. The van der Waals surface area contributed by atoms with Gasteiger partial charge < -0.3 is 0 Å². The molecule has 0 N–H and O–H groups in total. The molecular formula is C5H7BrF2. The maximum atomic E-state index is 12.1. The predicted molar refractivity (Wildman–Crippen MR) is 33.3 cm³/mol. The molecule has 0 aliphatic carbocycles. The minimum atomic E-state index is -1.63. The fraction of sp³-hybridized carbons (Fsp3) is 0.600. The summed E-state index contributed by atoms with van der Waals surface area (Å²) in [7, 11) is 0. The Hall–Kier alpha value is 0.0800. The molecule has 48 valence electrons. The zero-order valence-corrected chi connectivity index (χ0v) is 6.30. The number of hydrogen-bond acceptors (Lipinski definition) is 0. The standard InChI is InChI=1S/C5H7BrF2/c1-3(2)4(7)5(6)8/h5H,1-2H3. The van der Waals surface area contributed by atoms with E-state index in [9.17, 15) is 8.78 Å². The Balaban J connectivity index is 4.00. The molecule has 0 aliphatic heterocycles. The van der Waals surface area contributed by atoms with Crippen molar-refractivity contribution in [1.82, 2.24) is 0 Å². The minimum absolute atomic E-state index is 0.370. The Morgan fingerprint density at radius 2 is 1.88 bits per heavy atom. The number of alkyl halides is 2. The van der Waals surface area contributed by atoms with E-state index in [-0.39, 0.29) is 0 Å². The van der Waals surface area contributed by atoms with E-state index in [0.29, 0.717) is 5.57 Å². The highest BCUT2D eigenvalue weighted by atomic mass is 79.9. The van der Waals surface area contributed by atoms with Crippen LogP contribution in [0.3, 0.4) is 0 Å². The maximum Gasteiger partial charge on any atom is 0.205 e. The van der Waals surface area contributed by atoms with E-state index in [4.69, 9.17) is 0 Å². The fourth-order valence-corrected chi connectivity index (χ4v) is 0.676. The second-order valence-electron chi connectivity index (χ2n) is 1.65. The molecule has 0 bridgehead atoms. The Kier molecular flexibility index (Phi) is 3.21. The summed E-state index contributed by atoms with van der Waals surface area (Å²) in [5, 5.41) is -1.63. The molecule has 0 nitrogen and oxygen atoms in total. The zero-order chi connectivity index (χ0) is 6.73. The second-order valence-corrected chi connectivity index (χ2v) is 2.45. The molecule has 0 radical (unpaired) electrons. The Labute approximate surface area is 55.7 Å². The molecule has 3 heteroatoms. The highest BCUT2D eigenvalue weighted by molar-refractivity contribution is 9.09. The third kappa shape index (κ3) is 2.40. The molecule has 0 aromatic carbocycles. The van der Waals surface area contributed by atoms with Crippen LogP contribution in [0, 0.1) is 0 Å². The van der Waals surface area contributed by atoms with Crippen molar-refractivity contribution in [1.29, 1.82) is 0 Å². The first-order valence-electron chi connectivity index (χ1n) is 2.16. The largest absolute Gasteiger partial charge is 0.227 e. The van der Waals surface area contributed by atoms with Gasteiger partial charge in [0.2, 0.25) is 5.08 Å². The lowest BCUT2D eigenvalue weighted by molar-refractivity contribution is 0.426. The predicted octanol–water partition coefficient (Wildman–Crippen LogP) is 2.94. The van der Waals surface area contributed by atoms with Crippen LogP contribution >= 0.6 is 15.9 Å². The maximum absolute atomic E-state index is 12.1. The van der Waals surface area contributed by atoms with Crippen molar-refractivity contribution < 1.29 is 8.78 Å². The fourth-order valence-electron chi connectivity index (χ4n) is 0.218. The summed E-state index contributed by atoms with van der Waals surface area (Å²) in [5.41, 5.74) is 0.370. The van der Waals surface area contributed by atoms with Gasteiger partial charge in [-0.3, -0.25) is 0 Å². The quantitative estimate of drug-likeness (QED) is 0.551. The molecule has 0 aliphatic rings. The van der Waals surface area contributed by atoms with Gasteiger partial charge in [0.1, 0.15) is 5.83 Å². The minimum Gasteiger partial charge on any atom is -0.227 e. The molecular weight excluding hydrogens is 178 g/mol. The third-order valence-corrected chi connectivity index (χ3v) is 1.07. The first-order valence-corrected chi connectivity index (χ1v) is 3.08. The van der Waals surface area contributed by atoms with Crippen molar-refractivity contribution in [3.05, 3.63) is 11.4 Å². The van der Waals surface area contributed by atoms with E-state index in [0.717, 1.165) is 0 Å². The molecule has 0 aromatic heterocycles. The average molecular weight is 185 g/mol. The highest BCUT2D eigenvalue weighted by Gasteiger charge is 2.07. The first kappa shape index (κ1) is 8.08. The van der Waals surface area contributed by atoms with Crippen molar-refractivity contribution in [3.8, 4) is 0 Å². The molecule has 1 unspecified atom stereocenters. The van der Waals surface area contributed by atoms with Gasteiger partial charge in [0.15, 0.2) is 0 Å². The monoisotopic (exact) mass is 184 g/mol. The molecule has 0 aromatic rings. The number of halogens is 3. The molecule has 0 saturated carbocycles. The molecule has 0 spiro atoms. The lowest BCUT2D eigenvalue weighted by atomic mass is 10.3. The molecule has 1 atom stereocenters. The number of allylic oxidation sites excluding steroid dienone is 2. The van der Waals surface area contributed by atoms with Gasteiger partial charge in [-0.2, -0.15) is 0 Å². The number of hydrogen-bond donors (Lipinski definition) is 0. The number of rotatable bonds is 1. The smallest absolute Gasteiger partial charge is 0.205 e. The van der Waals surface area contributed by atoms with Gasteiger partial charge in [-0.15, -0.1) is 0 Å². The van der Waals surface area contributed by atoms with Crippen molar-refractivity contribution >= 4 is 15.9 Å². The second kappa shape index (κ2) is 3.17. The summed E-state index contributed by atoms with van der Waals surface area (Å²) in [6.07, 6.45) is 0. The summed E-state index contributed by atoms with van der Waals surface area (Å²) >= 11 is 2.44. The average Bonchev–Trinajstić information content (AvgIpc) is 1.64. The van der Waals surface area contributed by atoms with E-state index in [1.54, 1.807) is 0 Å². The molecule has 0 rings (SSSR count). The van der Waals surface area contributed by atoms with Crippen LogP contribution < -0.4 is 0 Å². The van der Waals surface area contributed by atoms with Gasteiger partial charge in [0.25, 0.3) is 0 Å². The topological polar surface area (TPSA) is 0 Å². The summed E-state index contributed by atoms with van der Waals surface area (Å²) in [5.74, 6) is -0.731. The van der Waals surface area contributed by atoms with Crippen molar-refractivity contribution in [2.75, 3.05) is 0 Å². The Morgan fingerprint density at radius 3 is 1.88 bits per heavy atom. The summed E-state index contributed by atoms with van der Waals surface area (Å²) in [4.78, 5) is 0.